The highest BCUT2D eigenvalue weighted by Gasteiger charge is 2.03. The van der Waals surface area contributed by atoms with E-state index in [0.717, 1.165) is 17.1 Å². The number of nitrogens with one attached hydrogen (secondary N) is 2. The van der Waals surface area contributed by atoms with Crippen molar-refractivity contribution >= 4 is 57.0 Å². The molecule has 2 N–H and O–H groups in total. The Kier molecular flexibility index (Phi) is 5.39. The summed E-state index contributed by atoms with van der Waals surface area (Å²) in [5.41, 5.74) is 1.04. The lowest BCUT2D eigenvalue weighted by molar-refractivity contribution is 0.873. The van der Waals surface area contributed by atoms with Gasteiger partial charge in [-0.25, -0.2) is 4.98 Å². The molecule has 1 aromatic heterocycles. The van der Waals surface area contributed by atoms with E-state index >= 15 is 0 Å². The third-order valence-electron chi connectivity index (χ3n) is 2.35. The third-order valence-corrected chi connectivity index (χ3v) is 3.87. The van der Waals surface area contributed by atoms with Crippen LogP contribution in [0, 0.1) is 0 Å². The van der Waals surface area contributed by atoms with Crippen LogP contribution in [0.1, 0.15) is 5.56 Å². The molecule has 0 saturated carbocycles. The molecule has 100 valence electrons. The number of nitrogens with zero attached hydrogens (tertiary/aromatic N) is 1. The Morgan fingerprint density at radius 3 is 2.89 bits per heavy atom. The summed E-state index contributed by atoms with van der Waals surface area (Å²) in [4.78, 5) is 4.09. The molecule has 0 aliphatic carbocycles. The van der Waals surface area contributed by atoms with E-state index in [1.54, 1.807) is 12.3 Å². The summed E-state index contributed by atoms with van der Waals surface area (Å²) in [6.45, 7) is 0.693. The van der Waals surface area contributed by atoms with Crippen LogP contribution >= 0.6 is 46.8 Å². The highest BCUT2D eigenvalue weighted by atomic mass is 35.5. The zero-order chi connectivity index (χ0) is 13.7. The Morgan fingerprint density at radius 1 is 1.37 bits per heavy atom. The molecule has 0 aliphatic heterocycles. The second-order valence-electron chi connectivity index (χ2n) is 3.70. The fourth-order valence-corrected chi connectivity index (χ4v) is 2.76. The molecule has 0 saturated heterocycles. The first-order valence-corrected chi connectivity index (χ1v) is 7.58. The SMILES string of the molecule is S=C(NCCc1ccc(Cl)cc1Cl)Nc1nccs1. The van der Waals surface area contributed by atoms with Gasteiger partial charge in [0.15, 0.2) is 10.2 Å². The molecule has 0 amide bonds. The molecular weight excluding hydrogens is 321 g/mol. The molecule has 0 radical (unpaired) electrons. The minimum Gasteiger partial charge on any atom is -0.362 e. The molecular formula is C12H11Cl2N3S2. The van der Waals surface area contributed by atoms with Crippen LogP contribution in [0.25, 0.3) is 0 Å². The summed E-state index contributed by atoms with van der Waals surface area (Å²) in [6, 6.07) is 5.49. The van der Waals surface area contributed by atoms with Gasteiger partial charge in [0, 0.05) is 28.2 Å². The number of anilines is 1. The van der Waals surface area contributed by atoms with Crippen LogP contribution in [0.5, 0.6) is 0 Å². The van der Waals surface area contributed by atoms with Crippen molar-refractivity contribution in [2.75, 3.05) is 11.9 Å². The molecule has 7 heteroatoms. The van der Waals surface area contributed by atoms with Crippen LogP contribution in [-0.4, -0.2) is 16.6 Å². The van der Waals surface area contributed by atoms with E-state index in [2.05, 4.69) is 15.6 Å². The monoisotopic (exact) mass is 331 g/mol. The second-order valence-corrected chi connectivity index (χ2v) is 5.85. The van der Waals surface area contributed by atoms with E-state index < -0.39 is 0 Å². The van der Waals surface area contributed by atoms with Crippen LogP contribution < -0.4 is 10.6 Å². The molecule has 0 atom stereocenters. The van der Waals surface area contributed by atoms with E-state index in [1.165, 1.54) is 11.3 Å². The first-order valence-electron chi connectivity index (χ1n) is 5.53. The summed E-state index contributed by atoms with van der Waals surface area (Å²) < 4.78 is 0. The molecule has 1 aromatic carbocycles. The Labute approximate surface area is 131 Å². The average molecular weight is 332 g/mol. The molecule has 0 unspecified atom stereocenters. The van der Waals surface area contributed by atoms with Gasteiger partial charge in [0.2, 0.25) is 0 Å². The lowest BCUT2D eigenvalue weighted by Gasteiger charge is -2.09. The van der Waals surface area contributed by atoms with Crippen molar-refractivity contribution in [3.8, 4) is 0 Å². The Balaban J connectivity index is 1.78. The van der Waals surface area contributed by atoms with Crippen molar-refractivity contribution in [1.29, 1.82) is 0 Å². The third kappa shape index (κ3) is 4.62. The Bertz CT molecular complexity index is 558. The summed E-state index contributed by atoms with van der Waals surface area (Å²) in [7, 11) is 0. The van der Waals surface area contributed by atoms with E-state index in [9.17, 15) is 0 Å². The van der Waals surface area contributed by atoms with Crippen LogP contribution in [-0.2, 0) is 6.42 Å². The highest BCUT2D eigenvalue weighted by Crippen LogP contribution is 2.21. The smallest absolute Gasteiger partial charge is 0.188 e. The van der Waals surface area contributed by atoms with E-state index in [-0.39, 0.29) is 0 Å². The normalized spacial score (nSPS) is 10.2. The number of hydrogen-bond donors (Lipinski definition) is 2. The predicted molar refractivity (Wildman–Crippen MR) is 86.5 cm³/mol. The number of thiazole rings is 1. The maximum Gasteiger partial charge on any atom is 0.188 e. The molecule has 2 rings (SSSR count). The lowest BCUT2D eigenvalue weighted by Crippen LogP contribution is -2.30. The van der Waals surface area contributed by atoms with Gasteiger partial charge in [-0.2, -0.15) is 0 Å². The fraction of sp³-hybridized carbons (Fsp3) is 0.167. The standard InChI is InChI=1S/C12H11Cl2N3S2/c13-9-2-1-8(10(14)7-9)3-4-15-11(18)17-12-16-5-6-19-12/h1-2,5-7H,3-4H2,(H2,15,16,17,18). The number of rotatable bonds is 4. The van der Waals surface area contributed by atoms with Crippen molar-refractivity contribution in [2.24, 2.45) is 0 Å². The first-order chi connectivity index (χ1) is 9.15. The van der Waals surface area contributed by atoms with Crippen molar-refractivity contribution < 1.29 is 0 Å². The Hall–Kier alpha value is -0.880. The molecule has 1 heterocycles. The summed E-state index contributed by atoms with van der Waals surface area (Å²) in [6.07, 6.45) is 2.50. The molecule has 0 spiro atoms. The maximum atomic E-state index is 6.09. The van der Waals surface area contributed by atoms with Crippen molar-refractivity contribution in [3.05, 3.63) is 45.4 Å². The van der Waals surface area contributed by atoms with Gasteiger partial charge >= 0.3 is 0 Å². The number of aromatic nitrogens is 1. The highest BCUT2D eigenvalue weighted by molar-refractivity contribution is 7.80. The van der Waals surface area contributed by atoms with Crippen molar-refractivity contribution in [3.63, 3.8) is 0 Å². The summed E-state index contributed by atoms with van der Waals surface area (Å²) in [5.74, 6) is 0. The molecule has 2 aromatic rings. The zero-order valence-electron chi connectivity index (χ0n) is 9.82. The second kappa shape index (κ2) is 7.05. The number of thiocarbonyl (C=S) groups is 1. The van der Waals surface area contributed by atoms with Gasteiger partial charge in [-0.1, -0.05) is 29.3 Å². The zero-order valence-corrected chi connectivity index (χ0v) is 13.0. The molecule has 19 heavy (non-hydrogen) atoms. The topological polar surface area (TPSA) is 37.0 Å². The van der Waals surface area contributed by atoms with Crippen LogP contribution in [0.4, 0.5) is 5.13 Å². The average Bonchev–Trinajstić information content (AvgIpc) is 2.84. The van der Waals surface area contributed by atoms with Gasteiger partial charge in [0.05, 0.1) is 0 Å². The first kappa shape index (κ1) is 14.5. The molecule has 0 fully saturated rings. The fourth-order valence-electron chi connectivity index (χ4n) is 1.46. The molecule has 0 bridgehead atoms. The van der Waals surface area contributed by atoms with Crippen LogP contribution in [0.3, 0.4) is 0 Å². The lowest BCUT2D eigenvalue weighted by atomic mass is 10.1. The predicted octanol–water partition coefficient (Wildman–Crippen LogP) is 3.98. The van der Waals surface area contributed by atoms with E-state index in [1.807, 2.05) is 17.5 Å². The number of halogens is 2. The van der Waals surface area contributed by atoms with Gasteiger partial charge in [-0.3, -0.25) is 0 Å². The molecule has 3 nitrogen and oxygen atoms in total. The van der Waals surface area contributed by atoms with Crippen molar-refractivity contribution in [1.82, 2.24) is 10.3 Å². The van der Waals surface area contributed by atoms with Gasteiger partial charge in [0.25, 0.3) is 0 Å². The number of benzene rings is 1. The minimum atomic E-state index is 0.556. The summed E-state index contributed by atoms with van der Waals surface area (Å²) in [5, 5.41) is 10.7. The number of hydrogen-bond acceptors (Lipinski definition) is 3. The van der Waals surface area contributed by atoms with Gasteiger partial charge in [0.1, 0.15) is 0 Å². The summed E-state index contributed by atoms with van der Waals surface area (Å²) >= 11 is 18.6. The van der Waals surface area contributed by atoms with Gasteiger partial charge < -0.3 is 10.6 Å². The minimum absolute atomic E-state index is 0.556. The maximum absolute atomic E-state index is 6.09. The van der Waals surface area contributed by atoms with E-state index in [4.69, 9.17) is 35.4 Å². The van der Waals surface area contributed by atoms with E-state index in [0.29, 0.717) is 21.7 Å². The van der Waals surface area contributed by atoms with Crippen LogP contribution in [0.15, 0.2) is 29.8 Å². The van der Waals surface area contributed by atoms with Crippen molar-refractivity contribution in [2.45, 2.75) is 6.42 Å². The largest absolute Gasteiger partial charge is 0.362 e. The van der Waals surface area contributed by atoms with Gasteiger partial charge in [-0.05, 0) is 36.3 Å². The Morgan fingerprint density at radius 2 is 2.21 bits per heavy atom. The molecule has 0 aliphatic rings. The van der Waals surface area contributed by atoms with Crippen LogP contribution in [0.2, 0.25) is 10.0 Å². The quantitative estimate of drug-likeness (QED) is 0.831. The van der Waals surface area contributed by atoms with Gasteiger partial charge in [-0.15, -0.1) is 11.3 Å².